The number of hydrogen-bond acceptors (Lipinski definition) is 3. The summed E-state index contributed by atoms with van der Waals surface area (Å²) in [5.74, 6) is -0.592. The van der Waals surface area contributed by atoms with Gasteiger partial charge in [-0.2, -0.15) is 0 Å². The van der Waals surface area contributed by atoms with Crippen LogP contribution in [-0.4, -0.2) is 23.1 Å². The van der Waals surface area contributed by atoms with Crippen molar-refractivity contribution in [2.45, 2.75) is 56.7 Å². The van der Waals surface area contributed by atoms with Crippen LogP contribution in [0.2, 0.25) is 5.02 Å². The third-order valence-electron chi connectivity index (χ3n) is 5.91. The molecule has 1 atom stereocenters. The van der Waals surface area contributed by atoms with Crippen molar-refractivity contribution in [3.05, 3.63) is 59.1 Å². The molecule has 1 saturated carbocycles. The predicted octanol–water partition coefficient (Wildman–Crippen LogP) is 4.77. The van der Waals surface area contributed by atoms with Gasteiger partial charge in [0.15, 0.2) is 0 Å². The van der Waals surface area contributed by atoms with E-state index in [1.165, 1.54) is 6.42 Å². The highest BCUT2D eigenvalue weighted by molar-refractivity contribution is 6.30. The first-order chi connectivity index (χ1) is 14.5. The number of hydrogen-bond donors (Lipinski definition) is 3. The monoisotopic (exact) mass is 427 g/mol. The number of rotatable bonds is 3. The normalized spacial score (nSPS) is 22.5. The van der Waals surface area contributed by atoms with Gasteiger partial charge >= 0.3 is 6.03 Å². The predicted molar refractivity (Wildman–Crippen MR) is 118 cm³/mol. The van der Waals surface area contributed by atoms with E-state index in [1.54, 1.807) is 48.5 Å². The van der Waals surface area contributed by atoms with Gasteiger partial charge in [0.25, 0.3) is 11.6 Å². The molecule has 1 aliphatic heterocycles. The summed E-state index contributed by atoms with van der Waals surface area (Å²) < 4.78 is 0. The van der Waals surface area contributed by atoms with E-state index in [9.17, 15) is 14.7 Å². The second kappa shape index (κ2) is 8.66. The third kappa shape index (κ3) is 3.89. The van der Waals surface area contributed by atoms with Crippen LogP contribution in [0.5, 0.6) is 0 Å². The molecule has 6 nitrogen and oxygen atoms in total. The third-order valence-corrected chi connectivity index (χ3v) is 6.16. The lowest BCUT2D eigenvalue weighted by Gasteiger charge is -2.43. The second-order valence-corrected chi connectivity index (χ2v) is 8.41. The Morgan fingerprint density at radius 3 is 2.37 bits per heavy atom. The number of nitrogens with one attached hydrogen (secondary N) is 2. The van der Waals surface area contributed by atoms with Gasteiger partial charge in [-0.15, -0.1) is 0 Å². The van der Waals surface area contributed by atoms with Crippen molar-refractivity contribution in [3.63, 3.8) is 0 Å². The zero-order valence-corrected chi connectivity index (χ0v) is 17.5. The highest BCUT2D eigenvalue weighted by Gasteiger charge is 2.52. The molecule has 0 bridgehead atoms. The largest absolute Gasteiger partial charge is 0.359 e. The number of anilines is 2. The van der Waals surface area contributed by atoms with Crippen molar-refractivity contribution in [2.24, 2.45) is 0 Å². The standard InChI is InChI=1S/C23H26ClN3O3/c24-16-12-14-18(15-13-16)27-22(29)26-20-11-7-6-10-19(20)23(27,30)21(28)25-17-8-4-2-1-3-5-9-17/h6-7,10-15,17,30H,1-5,8-9H2,(H,25,28)(H,26,29)/t23-/m1/s1. The van der Waals surface area contributed by atoms with Crippen LogP contribution < -0.4 is 15.5 Å². The Morgan fingerprint density at radius 2 is 1.67 bits per heavy atom. The fourth-order valence-electron chi connectivity index (χ4n) is 4.34. The maximum Gasteiger partial charge on any atom is 0.329 e. The first-order valence-corrected chi connectivity index (χ1v) is 10.9. The number of carbonyl (C=O) groups is 2. The topological polar surface area (TPSA) is 81.7 Å². The summed E-state index contributed by atoms with van der Waals surface area (Å²) in [6.45, 7) is 0. The summed E-state index contributed by atoms with van der Waals surface area (Å²) >= 11 is 6.00. The molecule has 30 heavy (non-hydrogen) atoms. The average Bonchev–Trinajstić information content (AvgIpc) is 2.71. The van der Waals surface area contributed by atoms with Crippen LogP contribution in [0.25, 0.3) is 0 Å². The molecule has 158 valence electrons. The molecule has 1 fully saturated rings. The van der Waals surface area contributed by atoms with Crippen molar-refractivity contribution in [1.82, 2.24) is 5.32 Å². The summed E-state index contributed by atoms with van der Waals surface area (Å²) in [6, 6.07) is 12.7. The number of amides is 3. The van der Waals surface area contributed by atoms with Crippen molar-refractivity contribution in [2.75, 3.05) is 10.2 Å². The first-order valence-electron chi connectivity index (χ1n) is 10.5. The first kappa shape index (κ1) is 20.7. The Labute approximate surface area is 181 Å². The summed E-state index contributed by atoms with van der Waals surface area (Å²) in [7, 11) is 0. The molecule has 7 heteroatoms. The molecule has 0 unspecified atom stereocenters. The summed E-state index contributed by atoms with van der Waals surface area (Å²) in [4.78, 5) is 27.6. The molecule has 0 spiro atoms. The van der Waals surface area contributed by atoms with E-state index >= 15 is 0 Å². The van der Waals surface area contributed by atoms with E-state index in [1.807, 2.05) is 0 Å². The molecule has 3 N–H and O–H groups in total. The van der Waals surface area contributed by atoms with Crippen LogP contribution in [0.1, 0.15) is 50.5 Å². The molecule has 1 heterocycles. The van der Waals surface area contributed by atoms with E-state index in [0.717, 1.165) is 43.4 Å². The van der Waals surface area contributed by atoms with E-state index in [2.05, 4.69) is 10.6 Å². The summed E-state index contributed by atoms with van der Waals surface area (Å²) in [5.41, 5.74) is -1.04. The minimum atomic E-state index is -2.17. The van der Waals surface area contributed by atoms with Gasteiger partial charge in [-0.3, -0.25) is 9.69 Å². The number of nitrogens with zero attached hydrogens (tertiary/aromatic N) is 1. The maximum atomic E-state index is 13.5. The lowest BCUT2D eigenvalue weighted by molar-refractivity contribution is -0.141. The Bertz CT molecular complexity index is 926. The van der Waals surface area contributed by atoms with E-state index in [0.29, 0.717) is 22.0 Å². The molecule has 0 radical (unpaired) electrons. The van der Waals surface area contributed by atoms with Gasteiger partial charge in [0.2, 0.25) is 0 Å². The van der Waals surface area contributed by atoms with Gasteiger partial charge < -0.3 is 15.7 Å². The number of aliphatic hydroxyl groups is 1. The fourth-order valence-corrected chi connectivity index (χ4v) is 4.47. The van der Waals surface area contributed by atoms with Crippen LogP contribution in [0.15, 0.2) is 48.5 Å². The molecular weight excluding hydrogens is 402 g/mol. The van der Waals surface area contributed by atoms with Crippen molar-refractivity contribution in [3.8, 4) is 0 Å². The van der Waals surface area contributed by atoms with Gasteiger partial charge in [-0.05, 0) is 43.2 Å². The number of halogens is 1. The van der Waals surface area contributed by atoms with Crippen molar-refractivity contribution < 1.29 is 14.7 Å². The number of carbonyl (C=O) groups excluding carboxylic acids is 2. The number of benzene rings is 2. The van der Waals surface area contributed by atoms with Gasteiger partial charge in [0, 0.05) is 22.3 Å². The minimum Gasteiger partial charge on any atom is -0.359 e. The quantitative estimate of drug-likeness (QED) is 0.660. The van der Waals surface area contributed by atoms with Crippen molar-refractivity contribution >= 4 is 34.9 Å². The van der Waals surface area contributed by atoms with E-state index in [4.69, 9.17) is 11.6 Å². The van der Waals surface area contributed by atoms with Gasteiger partial charge in [0.05, 0.1) is 5.69 Å². The van der Waals surface area contributed by atoms with Crippen LogP contribution in [0, 0.1) is 0 Å². The molecule has 0 aromatic heterocycles. The Morgan fingerprint density at radius 1 is 1.03 bits per heavy atom. The Balaban J connectivity index is 1.73. The fraction of sp³-hybridized carbons (Fsp3) is 0.391. The molecule has 1 aliphatic carbocycles. The zero-order chi connectivity index (χ0) is 21.1. The van der Waals surface area contributed by atoms with Crippen LogP contribution >= 0.6 is 11.6 Å². The maximum absolute atomic E-state index is 13.5. The summed E-state index contributed by atoms with van der Waals surface area (Å²) in [6.07, 6.45) is 7.36. The molecule has 2 aliphatic rings. The lowest BCUT2D eigenvalue weighted by Crippen LogP contribution is -2.63. The van der Waals surface area contributed by atoms with Crippen LogP contribution in [0.3, 0.4) is 0 Å². The molecule has 4 rings (SSSR count). The molecule has 2 aromatic carbocycles. The average molecular weight is 428 g/mol. The van der Waals surface area contributed by atoms with Gasteiger partial charge in [-0.25, -0.2) is 4.79 Å². The molecule has 3 amide bonds. The number of urea groups is 1. The zero-order valence-electron chi connectivity index (χ0n) is 16.7. The van der Waals surface area contributed by atoms with E-state index in [-0.39, 0.29) is 6.04 Å². The molecule has 2 aromatic rings. The van der Waals surface area contributed by atoms with Gasteiger partial charge in [0.1, 0.15) is 0 Å². The second-order valence-electron chi connectivity index (χ2n) is 7.98. The van der Waals surface area contributed by atoms with Crippen LogP contribution in [-0.2, 0) is 10.5 Å². The van der Waals surface area contributed by atoms with E-state index < -0.39 is 17.7 Å². The Hall–Kier alpha value is -2.57. The SMILES string of the molecule is O=C1Nc2ccccc2[C@@](O)(C(=O)NC2CCCCCCC2)N1c1ccc(Cl)cc1. The van der Waals surface area contributed by atoms with Crippen molar-refractivity contribution in [1.29, 1.82) is 0 Å². The lowest BCUT2D eigenvalue weighted by atomic mass is 9.92. The molecule has 0 saturated heterocycles. The number of fused-ring (bicyclic) bond motifs is 1. The van der Waals surface area contributed by atoms with Crippen LogP contribution in [0.4, 0.5) is 16.2 Å². The smallest absolute Gasteiger partial charge is 0.329 e. The highest BCUT2D eigenvalue weighted by Crippen LogP contribution is 2.40. The number of para-hydroxylation sites is 1. The van der Waals surface area contributed by atoms with Gasteiger partial charge in [-0.1, -0.05) is 61.9 Å². The Kier molecular flexibility index (Phi) is 5.97. The minimum absolute atomic E-state index is 0.0222. The highest BCUT2D eigenvalue weighted by atomic mass is 35.5. The molecular formula is C23H26ClN3O3. The summed E-state index contributed by atoms with van der Waals surface area (Å²) in [5, 5.41) is 18.1.